The molecule has 0 amide bonds. The molecule has 10 aliphatic rings. The van der Waals surface area contributed by atoms with Crippen molar-refractivity contribution in [1.82, 2.24) is 0 Å². The van der Waals surface area contributed by atoms with Gasteiger partial charge in [-0.05, 0) is 111 Å². The van der Waals surface area contributed by atoms with Crippen LogP contribution in [0.3, 0.4) is 0 Å². The van der Waals surface area contributed by atoms with Crippen LogP contribution in [0.4, 0.5) is 0 Å². The number of carbonyl (C=O) groups excluding carboxylic acids is 1. The van der Waals surface area contributed by atoms with Crippen molar-refractivity contribution in [1.29, 1.82) is 0 Å². The van der Waals surface area contributed by atoms with Crippen molar-refractivity contribution >= 4 is 11.9 Å². The molecule has 17 N–H and O–H groups in total. The van der Waals surface area contributed by atoms with Crippen LogP contribution in [-0.4, -0.2) is 285 Å². The number of aliphatic hydroxyl groups excluding tert-OH is 16. The highest BCUT2D eigenvalue weighted by molar-refractivity contribution is 5.79. The van der Waals surface area contributed by atoms with Gasteiger partial charge in [0, 0.05) is 5.41 Å². The van der Waals surface area contributed by atoms with Gasteiger partial charge >= 0.3 is 11.9 Å². The van der Waals surface area contributed by atoms with Gasteiger partial charge in [0.05, 0.1) is 44.1 Å². The molecule has 0 radical (unpaired) electrons. The number of rotatable bonds is 15. The van der Waals surface area contributed by atoms with Crippen LogP contribution in [0.15, 0.2) is 11.6 Å². The van der Waals surface area contributed by atoms with Crippen LogP contribution in [0, 0.1) is 50.2 Å². The fraction of sp³-hybridized carbons (Fsp3) is 0.933. The SMILES string of the molecule is CC1OC(OC2C(CO)OC(OCC3OC(OC(=O)C45CCC(C)(C)CC4C4=CCC6C7(C)CCC(OC8OC(C(=O)O)C(O)C(O)C8OC8OC(CO)C(O)C(O)C8O)C(C)(CO)C7CCC6(C)C4(C)CC5)C(O)C(O)C3O)C(O)C2O)C(O)C(O)C1O. The average Bonchev–Trinajstić information content (AvgIpc) is 0.690. The molecule has 29 nitrogen and oxygen atoms in total. The smallest absolute Gasteiger partial charge is 0.335 e. The largest absolute Gasteiger partial charge is 0.479 e. The minimum Gasteiger partial charge on any atom is -0.479 e. The summed E-state index contributed by atoms with van der Waals surface area (Å²) in [6.45, 7) is 11.7. The topological polar surface area (TPSA) is 470 Å². The number of aliphatic carboxylic acids is 1. The van der Waals surface area contributed by atoms with E-state index in [4.69, 9.17) is 47.4 Å². The number of allylic oxidation sites excluding steroid dienone is 2. The quantitative estimate of drug-likeness (QED) is 0.0421. The molecule has 5 heterocycles. The fourth-order valence-corrected chi connectivity index (χ4v) is 17.8. The Morgan fingerprint density at radius 1 is 0.539 bits per heavy atom. The van der Waals surface area contributed by atoms with Crippen LogP contribution in [0.1, 0.15) is 113 Å². The summed E-state index contributed by atoms with van der Waals surface area (Å²) < 4.78 is 58.9. The molecule has 10 rings (SSSR count). The number of carboxylic acid groups (broad SMARTS) is 1. The first-order chi connectivity index (χ1) is 41.7. The molecule has 510 valence electrons. The molecule has 0 aromatic rings. The summed E-state index contributed by atoms with van der Waals surface area (Å²) >= 11 is 0. The van der Waals surface area contributed by atoms with E-state index < -0.39 is 220 Å². The molecule has 0 bridgehead atoms. The Morgan fingerprint density at radius 3 is 1.74 bits per heavy atom. The van der Waals surface area contributed by atoms with Crippen LogP contribution in [0.25, 0.3) is 0 Å². The highest BCUT2D eigenvalue weighted by Gasteiger charge is 2.71. The first kappa shape index (κ1) is 69.5. The lowest BCUT2D eigenvalue weighted by Crippen LogP contribution is -2.68. The molecule has 5 aliphatic carbocycles. The van der Waals surface area contributed by atoms with Crippen molar-refractivity contribution < 1.29 is 144 Å². The third kappa shape index (κ3) is 11.7. The Balaban J connectivity index is 0.845. The van der Waals surface area contributed by atoms with Crippen LogP contribution < -0.4 is 0 Å². The van der Waals surface area contributed by atoms with E-state index in [1.165, 1.54) is 6.92 Å². The normalized spacial score (nSPS) is 54.1. The zero-order valence-electron chi connectivity index (χ0n) is 51.2. The molecule has 89 heavy (non-hydrogen) atoms. The summed E-state index contributed by atoms with van der Waals surface area (Å²) in [7, 11) is 0. The molecule has 5 aliphatic heterocycles. The molecule has 0 spiro atoms. The fourth-order valence-electron chi connectivity index (χ4n) is 17.8. The van der Waals surface area contributed by atoms with Crippen molar-refractivity contribution in [3.8, 4) is 0 Å². The summed E-state index contributed by atoms with van der Waals surface area (Å²) in [5.74, 6) is -2.85. The average molecular weight is 1280 g/mol. The summed E-state index contributed by atoms with van der Waals surface area (Å²) in [6.07, 6.45) is -36.8. The summed E-state index contributed by atoms with van der Waals surface area (Å²) in [4.78, 5) is 27.7. The highest BCUT2D eigenvalue weighted by Crippen LogP contribution is 2.76. The van der Waals surface area contributed by atoms with Gasteiger partial charge in [-0.25, -0.2) is 4.79 Å². The van der Waals surface area contributed by atoms with Gasteiger partial charge in [-0.2, -0.15) is 0 Å². The van der Waals surface area contributed by atoms with Gasteiger partial charge in [0.15, 0.2) is 31.3 Å². The van der Waals surface area contributed by atoms with E-state index in [0.717, 1.165) is 5.57 Å². The maximum absolute atomic E-state index is 15.3. The second kappa shape index (κ2) is 25.7. The van der Waals surface area contributed by atoms with Crippen LogP contribution in [0.5, 0.6) is 0 Å². The molecule has 34 unspecified atom stereocenters. The van der Waals surface area contributed by atoms with Gasteiger partial charge < -0.3 is 134 Å². The number of ether oxygens (including phenoxy) is 10. The zero-order chi connectivity index (χ0) is 65.2. The predicted octanol–water partition coefficient (Wildman–Crippen LogP) is -4.12. The van der Waals surface area contributed by atoms with E-state index in [-0.39, 0.29) is 28.6 Å². The second-order valence-corrected chi connectivity index (χ2v) is 29.0. The van der Waals surface area contributed by atoms with E-state index in [1.54, 1.807) is 0 Å². The number of hydrogen-bond donors (Lipinski definition) is 17. The maximum atomic E-state index is 15.3. The van der Waals surface area contributed by atoms with Gasteiger partial charge in [-0.3, -0.25) is 4.79 Å². The summed E-state index contributed by atoms with van der Waals surface area (Å²) in [6, 6.07) is 0. The Bertz CT molecular complexity index is 2530. The van der Waals surface area contributed by atoms with Crippen molar-refractivity contribution in [2.75, 3.05) is 26.4 Å². The minimum atomic E-state index is -2.07. The Morgan fingerprint density at radius 2 is 1.10 bits per heavy atom. The molecule has 0 aromatic carbocycles. The number of esters is 1. The molecule has 5 saturated heterocycles. The van der Waals surface area contributed by atoms with E-state index in [0.29, 0.717) is 64.2 Å². The van der Waals surface area contributed by atoms with E-state index in [2.05, 4.69) is 40.7 Å². The molecule has 0 aromatic heterocycles. The molecule has 4 saturated carbocycles. The molecule has 9 fully saturated rings. The minimum absolute atomic E-state index is 0.0115. The molecular formula is C60H96O29. The van der Waals surface area contributed by atoms with Gasteiger partial charge in [0.1, 0.15) is 110 Å². The van der Waals surface area contributed by atoms with Crippen molar-refractivity contribution in [2.24, 2.45) is 50.2 Å². The summed E-state index contributed by atoms with van der Waals surface area (Å²) in [5.41, 5.74) is -2.60. The van der Waals surface area contributed by atoms with Gasteiger partial charge in [-0.1, -0.05) is 53.2 Å². The zero-order valence-corrected chi connectivity index (χ0v) is 51.2. The lowest BCUT2D eigenvalue weighted by molar-refractivity contribution is -0.375. The third-order valence-corrected chi connectivity index (χ3v) is 23.6. The van der Waals surface area contributed by atoms with E-state index >= 15 is 4.79 Å². The van der Waals surface area contributed by atoms with Gasteiger partial charge in [-0.15, -0.1) is 0 Å². The van der Waals surface area contributed by atoms with Gasteiger partial charge in [0.25, 0.3) is 0 Å². The van der Waals surface area contributed by atoms with Crippen molar-refractivity contribution in [2.45, 2.75) is 272 Å². The summed E-state index contributed by atoms with van der Waals surface area (Å²) in [5, 5.41) is 183. The maximum Gasteiger partial charge on any atom is 0.335 e. The highest BCUT2D eigenvalue weighted by atomic mass is 16.8. The third-order valence-electron chi connectivity index (χ3n) is 23.6. The Labute approximate surface area is 514 Å². The standard InChI is InChI=1S/C60H96O29/c1-23-32(64)35(67)41(73)50(81-23)86-45-27(20-62)83-49(44(76)40(45)72)80-21-28-34(66)37(69)43(75)52(84-28)89-54(79)60-16-14-55(2,3)18-25(60)24-8-9-30-56(4)12-11-31(57(5,22-63)29(56)10-13-59(30,7)58(24,6)15-17-60)85-53-47(39(71)38(70)46(87-53)48(77)78)88-51-42(74)36(68)33(65)26(19-61)82-51/h8,23,25-47,49-53,61-76H,9-22H2,1-7H3,(H,77,78). The number of hydrogen-bond acceptors (Lipinski definition) is 28. The van der Waals surface area contributed by atoms with E-state index in [1.807, 2.05) is 6.92 Å². The van der Waals surface area contributed by atoms with Crippen LogP contribution in [0.2, 0.25) is 0 Å². The lowest BCUT2D eigenvalue weighted by Gasteiger charge is -2.71. The number of carboxylic acids is 1. The van der Waals surface area contributed by atoms with E-state index in [9.17, 15) is 91.6 Å². The van der Waals surface area contributed by atoms with Crippen LogP contribution >= 0.6 is 0 Å². The second-order valence-electron chi connectivity index (χ2n) is 29.0. The molecule has 34 atom stereocenters. The number of fused-ring (bicyclic) bond motifs is 7. The first-order valence-electron chi connectivity index (χ1n) is 31.4. The Kier molecular flexibility index (Phi) is 20.1. The monoisotopic (exact) mass is 1280 g/mol. The predicted molar refractivity (Wildman–Crippen MR) is 296 cm³/mol. The molecular weight excluding hydrogens is 1180 g/mol. The number of carbonyl (C=O) groups is 2. The molecule has 29 heteroatoms. The first-order valence-corrected chi connectivity index (χ1v) is 31.4. The Hall–Kier alpha value is -2.32. The number of aliphatic hydroxyl groups is 16. The van der Waals surface area contributed by atoms with Crippen LogP contribution in [-0.2, 0) is 57.0 Å². The lowest BCUT2D eigenvalue weighted by atomic mass is 9.33. The van der Waals surface area contributed by atoms with Gasteiger partial charge in [0.2, 0.25) is 6.29 Å². The van der Waals surface area contributed by atoms with Crippen molar-refractivity contribution in [3.05, 3.63) is 11.6 Å². The van der Waals surface area contributed by atoms with Crippen molar-refractivity contribution in [3.63, 3.8) is 0 Å².